The van der Waals surface area contributed by atoms with Gasteiger partial charge < -0.3 is 4.74 Å². The van der Waals surface area contributed by atoms with Gasteiger partial charge in [-0.3, -0.25) is 14.9 Å². The van der Waals surface area contributed by atoms with Gasteiger partial charge in [-0.05, 0) is 59.7 Å². The number of amides is 2. The molecule has 2 unspecified atom stereocenters. The lowest BCUT2D eigenvalue weighted by Gasteiger charge is -2.27. The Labute approximate surface area is 195 Å². The molecular weight excluding hydrogens is 410 g/mol. The highest BCUT2D eigenvalue weighted by Gasteiger charge is 2.32. The minimum Gasteiger partial charge on any atom is -0.490 e. The zero-order valence-corrected chi connectivity index (χ0v) is 19.1. The van der Waals surface area contributed by atoms with Crippen molar-refractivity contribution >= 4 is 23.0 Å². The number of benzene rings is 3. The Bertz CT molecular complexity index is 1130. The normalized spacial score (nSPS) is 17.7. The highest BCUT2D eigenvalue weighted by Crippen LogP contribution is 2.35. The lowest BCUT2D eigenvalue weighted by molar-refractivity contribution is -0.138. The first kappa shape index (κ1) is 22.5. The van der Waals surface area contributed by atoms with Crippen LogP contribution in [0.5, 0.6) is 5.75 Å². The molecule has 33 heavy (non-hydrogen) atoms. The van der Waals surface area contributed by atoms with Crippen molar-refractivity contribution in [1.29, 1.82) is 0 Å². The van der Waals surface area contributed by atoms with Gasteiger partial charge in [-0.1, -0.05) is 79.7 Å². The van der Waals surface area contributed by atoms with Crippen molar-refractivity contribution in [2.45, 2.75) is 39.2 Å². The van der Waals surface area contributed by atoms with Crippen LogP contribution in [0.3, 0.4) is 0 Å². The summed E-state index contributed by atoms with van der Waals surface area (Å²) in [6, 6.07) is 29.0. The van der Waals surface area contributed by atoms with Crippen LogP contribution in [0.2, 0.25) is 0 Å². The van der Waals surface area contributed by atoms with E-state index in [2.05, 4.69) is 72.9 Å². The highest BCUT2D eigenvalue weighted by atomic mass is 16.5. The molecule has 0 spiro atoms. The topological polar surface area (TPSA) is 55.4 Å². The number of piperidine rings is 1. The summed E-state index contributed by atoms with van der Waals surface area (Å²) in [6.45, 7) is 4.07. The van der Waals surface area contributed by atoms with E-state index >= 15 is 0 Å². The summed E-state index contributed by atoms with van der Waals surface area (Å²) >= 11 is 0. The molecule has 3 aromatic carbocycles. The smallest absolute Gasteiger partial charge is 0.233 e. The largest absolute Gasteiger partial charge is 0.490 e. The molecule has 1 heterocycles. The number of ether oxygens (including phenoxy) is 1. The quantitative estimate of drug-likeness (QED) is 0.370. The monoisotopic (exact) mass is 439 g/mol. The number of carbonyl (C=O) groups is 2. The summed E-state index contributed by atoms with van der Waals surface area (Å²) in [4.78, 5) is 23.6. The van der Waals surface area contributed by atoms with Gasteiger partial charge >= 0.3 is 0 Å². The second-order valence-electron chi connectivity index (χ2n) is 8.34. The minimum atomic E-state index is -0.327. The van der Waals surface area contributed by atoms with E-state index in [1.54, 1.807) is 0 Å². The van der Waals surface area contributed by atoms with Gasteiger partial charge in [0.15, 0.2) is 0 Å². The molecule has 4 nitrogen and oxygen atoms in total. The van der Waals surface area contributed by atoms with Gasteiger partial charge in [0.05, 0.1) is 5.92 Å². The van der Waals surface area contributed by atoms with Crippen LogP contribution in [0.25, 0.3) is 11.1 Å². The second kappa shape index (κ2) is 10.3. The Morgan fingerprint density at radius 2 is 1.45 bits per heavy atom. The fourth-order valence-electron chi connectivity index (χ4n) is 4.44. The first-order valence-electron chi connectivity index (χ1n) is 11.5. The highest BCUT2D eigenvalue weighted by molar-refractivity contribution is 5.99. The number of allylic oxidation sites excluding steroid dienone is 1. The van der Waals surface area contributed by atoms with Gasteiger partial charge in [0.25, 0.3) is 0 Å². The van der Waals surface area contributed by atoms with E-state index in [-0.39, 0.29) is 23.8 Å². The zero-order chi connectivity index (χ0) is 23.2. The summed E-state index contributed by atoms with van der Waals surface area (Å²) in [6.07, 6.45) is 1.46. The van der Waals surface area contributed by atoms with E-state index in [0.29, 0.717) is 18.6 Å². The van der Waals surface area contributed by atoms with E-state index in [0.717, 1.165) is 12.0 Å². The van der Waals surface area contributed by atoms with Crippen molar-refractivity contribution in [3.05, 3.63) is 102 Å². The number of hydrogen-bond donors (Lipinski definition) is 1. The van der Waals surface area contributed by atoms with E-state index in [1.807, 2.05) is 31.2 Å². The third-order valence-corrected chi connectivity index (χ3v) is 6.15. The third-order valence-electron chi connectivity index (χ3n) is 6.15. The molecular formula is C29H29NO3. The fourth-order valence-corrected chi connectivity index (χ4v) is 4.44. The van der Waals surface area contributed by atoms with Crippen LogP contribution >= 0.6 is 0 Å². The average Bonchev–Trinajstić information content (AvgIpc) is 2.84. The standard InChI is InChI=1S/C29H29NO3/c1-3-25(21-10-6-4-7-11-21)28(22-12-8-5-9-13-22)23-14-16-24(17-15-23)33-20(2)26-18-19-27(31)30-29(26)32/h4-17,20,26H,3,18-19H2,1-2H3,(H,30,31,32). The molecule has 4 heteroatoms. The van der Waals surface area contributed by atoms with E-state index < -0.39 is 0 Å². The van der Waals surface area contributed by atoms with Gasteiger partial charge in [0.1, 0.15) is 11.9 Å². The molecule has 2 amide bonds. The Morgan fingerprint density at radius 1 is 0.879 bits per heavy atom. The second-order valence-corrected chi connectivity index (χ2v) is 8.34. The molecule has 0 aliphatic carbocycles. The molecule has 0 aromatic heterocycles. The number of imide groups is 1. The van der Waals surface area contributed by atoms with Crippen LogP contribution < -0.4 is 10.1 Å². The molecule has 3 aromatic rings. The van der Waals surface area contributed by atoms with Crippen molar-refractivity contribution < 1.29 is 14.3 Å². The van der Waals surface area contributed by atoms with E-state index in [1.165, 1.54) is 22.3 Å². The molecule has 0 radical (unpaired) electrons. The molecule has 1 aliphatic heterocycles. The molecule has 1 fully saturated rings. The van der Waals surface area contributed by atoms with Crippen LogP contribution in [-0.2, 0) is 9.59 Å². The predicted octanol–water partition coefficient (Wildman–Crippen LogP) is 5.88. The van der Waals surface area contributed by atoms with Gasteiger partial charge in [0, 0.05) is 6.42 Å². The van der Waals surface area contributed by atoms with Crippen molar-refractivity contribution in [2.75, 3.05) is 0 Å². The Kier molecular flexibility index (Phi) is 7.04. The van der Waals surface area contributed by atoms with Crippen LogP contribution in [0.15, 0.2) is 84.9 Å². The number of hydrogen-bond acceptors (Lipinski definition) is 3. The maximum Gasteiger partial charge on any atom is 0.233 e. The minimum absolute atomic E-state index is 0.210. The molecule has 4 rings (SSSR count). The molecule has 1 aliphatic rings. The first-order chi connectivity index (χ1) is 16.1. The van der Waals surface area contributed by atoms with Crippen LogP contribution in [0.4, 0.5) is 0 Å². The summed E-state index contributed by atoms with van der Waals surface area (Å²) in [7, 11) is 0. The molecule has 0 saturated carbocycles. The van der Waals surface area contributed by atoms with Crippen LogP contribution in [0.1, 0.15) is 49.8 Å². The summed E-state index contributed by atoms with van der Waals surface area (Å²) in [5.74, 6) is -0.0775. The Morgan fingerprint density at radius 3 is 2.03 bits per heavy atom. The Balaban J connectivity index is 1.64. The number of nitrogens with one attached hydrogen (secondary N) is 1. The predicted molar refractivity (Wildman–Crippen MR) is 131 cm³/mol. The van der Waals surface area contributed by atoms with Gasteiger partial charge in [-0.2, -0.15) is 0 Å². The van der Waals surface area contributed by atoms with Crippen molar-refractivity contribution in [1.82, 2.24) is 5.32 Å². The van der Waals surface area contributed by atoms with Crippen LogP contribution in [-0.4, -0.2) is 17.9 Å². The molecule has 168 valence electrons. The van der Waals surface area contributed by atoms with Crippen LogP contribution in [0, 0.1) is 5.92 Å². The van der Waals surface area contributed by atoms with Crippen molar-refractivity contribution in [3.63, 3.8) is 0 Å². The summed E-state index contributed by atoms with van der Waals surface area (Å²) in [5.41, 5.74) is 5.99. The lowest BCUT2D eigenvalue weighted by atomic mass is 9.88. The Hall–Kier alpha value is -3.66. The SMILES string of the molecule is CCC(=C(c1ccccc1)c1ccc(OC(C)C2CCC(=O)NC2=O)cc1)c1ccccc1. The fraction of sp³-hybridized carbons (Fsp3) is 0.241. The number of rotatable bonds is 7. The van der Waals surface area contributed by atoms with Gasteiger partial charge in [-0.15, -0.1) is 0 Å². The maximum absolute atomic E-state index is 12.2. The number of carbonyl (C=O) groups excluding carboxylic acids is 2. The molecule has 2 atom stereocenters. The van der Waals surface area contributed by atoms with Gasteiger partial charge in [0.2, 0.25) is 11.8 Å². The summed E-state index contributed by atoms with van der Waals surface area (Å²) in [5, 5.41) is 2.41. The molecule has 0 bridgehead atoms. The molecule has 1 saturated heterocycles. The van der Waals surface area contributed by atoms with Gasteiger partial charge in [-0.25, -0.2) is 0 Å². The maximum atomic E-state index is 12.2. The molecule has 1 N–H and O–H groups in total. The first-order valence-corrected chi connectivity index (χ1v) is 11.5. The summed E-state index contributed by atoms with van der Waals surface area (Å²) < 4.78 is 6.08. The van der Waals surface area contributed by atoms with E-state index in [4.69, 9.17) is 4.74 Å². The lowest BCUT2D eigenvalue weighted by Crippen LogP contribution is -2.46. The zero-order valence-electron chi connectivity index (χ0n) is 19.1. The third kappa shape index (κ3) is 5.23. The van der Waals surface area contributed by atoms with E-state index in [9.17, 15) is 9.59 Å². The average molecular weight is 440 g/mol. The van der Waals surface area contributed by atoms with Crippen molar-refractivity contribution in [2.24, 2.45) is 5.92 Å². The van der Waals surface area contributed by atoms with Crippen molar-refractivity contribution in [3.8, 4) is 5.75 Å².